The lowest BCUT2D eigenvalue weighted by Crippen LogP contribution is -2.28. The predicted octanol–water partition coefficient (Wildman–Crippen LogP) is 1.15. The van der Waals surface area contributed by atoms with E-state index >= 15 is 0 Å². The number of nitrogens with zero attached hydrogens (tertiary/aromatic N) is 2. The molecule has 1 heterocycles. The second-order valence-corrected chi connectivity index (χ2v) is 2.91. The molecule has 0 spiro atoms. The molecule has 3 heteroatoms. The van der Waals surface area contributed by atoms with E-state index in [2.05, 4.69) is 21.2 Å². The lowest BCUT2D eigenvalue weighted by atomic mass is 10.2. The van der Waals surface area contributed by atoms with Crippen LogP contribution in [0.4, 0.5) is 0 Å². The van der Waals surface area contributed by atoms with E-state index in [1.54, 1.807) is 18.6 Å². The summed E-state index contributed by atoms with van der Waals surface area (Å²) in [6.45, 7) is 3.95. The maximum Gasteiger partial charge on any atom is 0.0753 e. The van der Waals surface area contributed by atoms with E-state index < -0.39 is 0 Å². The normalized spacial score (nSPS) is 14.5. The van der Waals surface area contributed by atoms with Crippen LogP contribution in [0.1, 0.15) is 25.6 Å². The van der Waals surface area contributed by atoms with Gasteiger partial charge >= 0.3 is 0 Å². The summed E-state index contributed by atoms with van der Waals surface area (Å²) in [5, 5.41) is 3.21. The molecule has 1 aromatic rings. The van der Waals surface area contributed by atoms with Crippen molar-refractivity contribution in [1.29, 1.82) is 0 Å². The van der Waals surface area contributed by atoms with E-state index in [4.69, 9.17) is 6.42 Å². The molecule has 0 fully saturated rings. The molecule has 2 atom stereocenters. The monoisotopic (exact) mass is 175 g/mol. The molecule has 0 radical (unpaired) electrons. The molecule has 1 rings (SSSR count). The minimum Gasteiger partial charge on any atom is -0.296 e. The summed E-state index contributed by atoms with van der Waals surface area (Å²) in [5.41, 5.74) is 0.907. The smallest absolute Gasteiger partial charge is 0.0753 e. The van der Waals surface area contributed by atoms with Gasteiger partial charge in [0.05, 0.1) is 11.7 Å². The highest BCUT2D eigenvalue weighted by atomic mass is 15.0. The summed E-state index contributed by atoms with van der Waals surface area (Å²) < 4.78 is 0. The molecule has 0 aliphatic rings. The van der Waals surface area contributed by atoms with E-state index in [1.165, 1.54) is 0 Å². The van der Waals surface area contributed by atoms with E-state index in [9.17, 15) is 0 Å². The van der Waals surface area contributed by atoms with Crippen molar-refractivity contribution >= 4 is 0 Å². The SMILES string of the molecule is C#CC(C)NC(C)c1cnccn1. The number of nitrogens with one attached hydrogen (secondary N) is 1. The zero-order chi connectivity index (χ0) is 9.68. The summed E-state index contributed by atoms with van der Waals surface area (Å²) in [6, 6.07) is 0.191. The Bertz CT molecular complexity index is 289. The van der Waals surface area contributed by atoms with Gasteiger partial charge in [0.1, 0.15) is 0 Å². The van der Waals surface area contributed by atoms with Crippen LogP contribution in [-0.2, 0) is 0 Å². The average Bonchev–Trinajstić information content (AvgIpc) is 2.19. The molecule has 0 amide bonds. The highest BCUT2D eigenvalue weighted by Gasteiger charge is 2.07. The Balaban J connectivity index is 2.60. The molecule has 0 aliphatic carbocycles. The van der Waals surface area contributed by atoms with Gasteiger partial charge in [-0.05, 0) is 13.8 Å². The molecule has 0 aromatic carbocycles. The van der Waals surface area contributed by atoms with E-state index in [0.29, 0.717) is 0 Å². The van der Waals surface area contributed by atoms with Crippen LogP contribution in [0, 0.1) is 12.3 Å². The summed E-state index contributed by atoms with van der Waals surface area (Å²) >= 11 is 0. The van der Waals surface area contributed by atoms with Gasteiger partial charge in [0.25, 0.3) is 0 Å². The van der Waals surface area contributed by atoms with Gasteiger partial charge in [-0.1, -0.05) is 5.92 Å². The van der Waals surface area contributed by atoms with Crippen LogP contribution in [-0.4, -0.2) is 16.0 Å². The zero-order valence-electron chi connectivity index (χ0n) is 7.86. The Morgan fingerprint density at radius 1 is 1.46 bits per heavy atom. The zero-order valence-corrected chi connectivity index (χ0v) is 7.86. The van der Waals surface area contributed by atoms with Crippen LogP contribution in [0.5, 0.6) is 0 Å². The van der Waals surface area contributed by atoms with Crippen molar-refractivity contribution in [2.45, 2.75) is 25.9 Å². The molecule has 0 aliphatic heterocycles. The molecule has 13 heavy (non-hydrogen) atoms. The topological polar surface area (TPSA) is 37.8 Å². The maximum atomic E-state index is 5.25. The van der Waals surface area contributed by atoms with Crippen molar-refractivity contribution in [1.82, 2.24) is 15.3 Å². The number of hydrogen-bond donors (Lipinski definition) is 1. The number of rotatable bonds is 3. The van der Waals surface area contributed by atoms with Crippen molar-refractivity contribution in [2.24, 2.45) is 0 Å². The molecule has 1 aromatic heterocycles. The van der Waals surface area contributed by atoms with Crippen molar-refractivity contribution < 1.29 is 0 Å². The lowest BCUT2D eigenvalue weighted by Gasteiger charge is -2.14. The molecule has 1 N–H and O–H groups in total. The maximum absolute atomic E-state index is 5.25. The number of aromatic nitrogens is 2. The fraction of sp³-hybridized carbons (Fsp3) is 0.400. The quantitative estimate of drug-likeness (QED) is 0.700. The Labute approximate surface area is 78.6 Å². The molecule has 0 saturated carbocycles. The van der Waals surface area contributed by atoms with E-state index in [-0.39, 0.29) is 12.1 Å². The van der Waals surface area contributed by atoms with Crippen molar-refractivity contribution in [2.75, 3.05) is 0 Å². The van der Waals surface area contributed by atoms with Crippen molar-refractivity contribution in [3.05, 3.63) is 24.3 Å². The minimum absolute atomic E-state index is 0.0528. The lowest BCUT2D eigenvalue weighted by molar-refractivity contribution is 0.533. The summed E-state index contributed by atoms with van der Waals surface area (Å²) in [5.74, 6) is 2.61. The first-order chi connectivity index (χ1) is 6.24. The fourth-order valence-corrected chi connectivity index (χ4v) is 1.04. The van der Waals surface area contributed by atoms with Crippen LogP contribution < -0.4 is 5.32 Å². The second kappa shape index (κ2) is 4.58. The molecule has 68 valence electrons. The first-order valence-electron chi connectivity index (χ1n) is 4.22. The van der Waals surface area contributed by atoms with Gasteiger partial charge < -0.3 is 0 Å². The summed E-state index contributed by atoms with van der Waals surface area (Å²) in [7, 11) is 0. The minimum atomic E-state index is 0.0528. The van der Waals surface area contributed by atoms with Gasteiger partial charge in [-0.2, -0.15) is 0 Å². The molecular weight excluding hydrogens is 162 g/mol. The van der Waals surface area contributed by atoms with Gasteiger partial charge in [-0.3, -0.25) is 15.3 Å². The number of terminal acetylenes is 1. The van der Waals surface area contributed by atoms with Gasteiger partial charge in [-0.15, -0.1) is 6.42 Å². The Morgan fingerprint density at radius 3 is 2.77 bits per heavy atom. The third kappa shape index (κ3) is 2.85. The van der Waals surface area contributed by atoms with Crippen molar-refractivity contribution in [3.8, 4) is 12.3 Å². The molecule has 3 nitrogen and oxygen atoms in total. The second-order valence-electron chi connectivity index (χ2n) is 2.91. The largest absolute Gasteiger partial charge is 0.296 e. The predicted molar refractivity (Wildman–Crippen MR) is 51.9 cm³/mol. The molecule has 0 saturated heterocycles. The Hall–Kier alpha value is -1.40. The third-order valence-corrected chi connectivity index (χ3v) is 1.78. The van der Waals surface area contributed by atoms with E-state index in [0.717, 1.165) is 5.69 Å². The van der Waals surface area contributed by atoms with Gasteiger partial charge in [0.2, 0.25) is 0 Å². The van der Waals surface area contributed by atoms with Gasteiger partial charge in [0, 0.05) is 24.6 Å². The summed E-state index contributed by atoms with van der Waals surface area (Å²) in [4.78, 5) is 8.16. The third-order valence-electron chi connectivity index (χ3n) is 1.78. The first-order valence-corrected chi connectivity index (χ1v) is 4.22. The number of hydrogen-bond acceptors (Lipinski definition) is 3. The van der Waals surface area contributed by atoms with Crippen LogP contribution >= 0.6 is 0 Å². The Kier molecular flexibility index (Phi) is 3.41. The first kappa shape index (κ1) is 9.69. The van der Waals surface area contributed by atoms with Crippen LogP contribution in [0.25, 0.3) is 0 Å². The highest BCUT2D eigenvalue weighted by Crippen LogP contribution is 2.06. The van der Waals surface area contributed by atoms with E-state index in [1.807, 2.05) is 13.8 Å². The standard InChI is InChI=1S/C10H13N3/c1-4-8(2)13-9(3)10-7-11-5-6-12-10/h1,5-9,13H,2-3H3. The summed E-state index contributed by atoms with van der Waals surface area (Å²) in [6.07, 6.45) is 10.3. The van der Waals surface area contributed by atoms with Crippen LogP contribution in [0.15, 0.2) is 18.6 Å². The highest BCUT2D eigenvalue weighted by molar-refractivity contribution is 5.04. The van der Waals surface area contributed by atoms with Gasteiger partial charge in [-0.25, -0.2) is 0 Å². The fourth-order valence-electron chi connectivity index (χ4n) is 1.04. The van der Waals surface area contributed by atoms with Gasteiger partial charge in [0.15, 0.2) is 0 Å². The average molecular weight is 175 g/mol. The van der Waals surface area contributed by atoms with Crippen LogP contribution in [0.2, 0.25) is 0 Å². The van der Waals surface area contributed by atoms with Crippen LogP contribution in [0.3, 0.4) is 0 Å². The van der Waals surface area contributed by atoms with Crippen molar-refractivity contribution in [3.63, 3.8) is 0 Å². The molecule has 2 unspecified atom stereocenters. The molecule has 0 bridgehead atoms. The molecular formula is C10H13N3. The Morgan fingerprint density at radius 2 is 2.23 bits per heavy atom.